The Morgan fingerprint density at radius 2 is 1.94 bits per heavy atom. The van der Waals surface area contributed by atoms with Gasteiger partial charge in [0.1, 0.15) is 0 Å². The number of ether oxygens (including phenoxy) is 2. The zero-order chi connectivity index (χ0) is 21.6. The predicted octanol–water partition coefficient (Wildman–Crippen LogP) is 5.03. The van der Waals surface area contributed by atoms with E-state index < -0.39 is 0 Å². The summed E-state index contributed by atoms with van der Waals surface area (Å²) in [5.74, 6) is 0.832. The first-order chi connectivity index (χ1) is 15.2. The fourth-order valence-corrected chi connectivity index (χ4v) is 5.39. The second-order valence-corrected chi connectivity index (χ2v) is 8.86. The zero-order valence-corrected chi connectivity index (χ0v) is 18.8. The summed E-state index contributed by atoms with van der Waals surface area (Å²) in [6.07, 6.45) is 9.27. The van der Waals surface area contributed by atoms with Crippen molar-refractivity contribution in [2.24, 2.45) is 0 Å². The van der Waals surface area contributed by atoms with E-state index in [0.29, 0.717) is 19.1 Å². The monoisotopic (exact) mass is 425 g/mol. The van der Waals surface area contributed by atoms with Crippen LogP contribution in [0.25, 0.3) is 0 Å². The molecular weight excluding hydrogens is 390 g/mol. The quantitative estimate of drug-likeness (QED) is 0.705. The Hall–Kier alpha value is -2.34. The van der Waals surface area contributed by atoms with E-state index in [1.54, 1.807) is 0 Å². The first kappa shape index (κ1) is 21.9. The van der Waals surface area contributed by atoms with E-state index in [4.69, 9.17) is 9.47 Å². The summed E-state index contributed by atoms with van der Waals surface area (Å²) < 4.78 is 11.6. The number of amides is 1. The van der Waals surface area contributed by atoms with E-state index in [0.717, 1.165) is 50.6 Å². The number of carbonyl (C=O) groups excluding carboxylic acids is 1. The van der Waals surface area contributed by atoms with Crippen molar-refractivity contribution in [3.63, 3.8) is 0 Å². The van der Waals surface area contributed by atoms with Crippen LogP contribution in [0.3, 0.4) is 0 Å². The molecule has 1 saturated heterocycles. The van der Waals surface area contributed by atoms with Gasteiger partial charge in [0.2, 0.25) is 0 Å². The molecule has 2 fully saturated rings. The maximum atomic E-state index is 12.5. The number of piperidine rings is 1. The van der Waals surface area contributed by atoms with Gasteiger partial charge in [-0.3, -0.25) is 5.10 Å². The molecule has 2 aliphatic rings. The number of hydrogen-bond donors (Lipinski definition) is 1. The third kappa shape index (κ3) is 4.95. The van der Waals surface area contributed by atoms with Crippen molar-refractivity contribution in [3.05, 3.63) is 53.3 Å². The highest BCUT2D eigenvalue weighted by Crippen LogP contribution is 2.37. The molecule has 31 heavy (non-hydrogen) atoms. The van der Waals surface area contributed by atoms with Crippen molar-refractivity contribution >= 4 is 6.09 Å². The molecular formula is C25H35N3O3. The molecule has 0 radical (unpaired) electrons. The Morgan fingerprint density at radius 1 is 1.16 bits per heavy atom. The van der Waals surface area contributed by atoms with E-state index in [2.05, 4.69) is 47.5 Å². The van der Waals surface area contributed by atoms with Crippen LogP contribution in [0.1, 0.15) is 74.1 Å². The van der Waals surface area contributed by atoms with Crippen molar-refractivity contribution in [2.45, 2.75) is 75.9 Å². The molecule has 1 aromatic heterocycles. The Kier molecular flexibility index (Phi) is 7.28. The molecule has 6 nitrogen and oxygen atoms in total. The average molecular weight is 426 g/mol. The number of nitrogens with zero attached hydrogens (tertiary/aromatic N) is 2. The molecule has 4 rings (SSSR count). The molecule has 1 N–H and O–H groups in total. The predicted molar refractivity (Wildman–Crippen MR) is 120 cm³/mol. The van der Waals surface area contributed by atoms with Crippen molar-refractivity contribution < 1.29 is 14.3 Å². The van der Waals surface area contributed by atoms with E-state index in [1.165, 1.54) is 18.2 Å². The summed E-state index contributed by atoms with van der Waals surface area (Å²) in [5.41, 5.74) is 3.82. The van der Waals surface area contributed by atoms with E-state index >= 15 is 0 Å². The molecule has 1 saturated carbocycles. The van der Waals surface area contributed by atoms with Crippen LogP contribution in [-0.2, 0) is 15.9 Å². The molecule has 0 spiro atoms. The minimum Gasteiger partial charge on any atom is -0.453 e. The number of benzene rings is 1. The van der Waals surface area contributed by atoms with Gasteiger partial charge in [0.15, 0.2) is 0 Å². The number of aromatic nitrogens is 2. The van der Waals surface area contributed by atoms with Crippen molar-refractivity contribution in [2.75, 3.05) is 20.3 Å². The Labute approximate surface area is 185 Å². The summed E-state index contributed by atoms with van der Waals surface area (Å²) in [5, 5.41) is 7.49. The first-order valence-electron chi connectivity index (χ1n) is 11.7. The highest BCUT2D eigenvalue weighted by Gasteiger charge is 2.38. The number of carbonyl (C=O) groups is 1. The summed E-state index contributed by atoms with van der Waals surface area (Å²) in [7, 11) is 1.46. The summed E-state index contributed by atoms with van der Waals surface area (Å²) >= 11 is 0. The second-order valence-electron chi connectivity index (χ2n) is 8.86. The number of methoxy groups -OCH3 is 1. The van der Waals surface area contributed by atoms with Crippen LogP contribution in [-0.4, -0.2) is 53.6 Å². The van der Waals surface area contributed by atoms with Gasteiger partial charge in [-0.05, 0) is 62.0 Å². The van der Waals surface area contributed by atoms with Gasteiger partial charge < -0.3 is 14.4 Å². The van der Waals surface area contributed by atoms with Gasteiger partial charge in [0.05, 0.1) is 32.1 Å². The molecule has 2 atom stereocenters. The standard InChI is InChI=1S/C25H35N3O3/c1-3-18-16-26-27-24(18)22-10-7-15-28(25(29)30-2)23(22)17-31-21-13-11-20(12-14-21)19-8-5-4-6-9-19/h4-6,8-9,16,20-23H,3,7,10-15,17H2,1-2H3,(H,26,27)/t20?,21?,22-,23?/m0/s1. The molecule has 1 amide bonds. The molecule has 168 valence electrons. The van der Waals surface area contributed by atoms with Gasteiger partial charge in [-0.1, -0.05) is 37.3 Å². The fourth-order valence-electron chi connectivity index (χ4n) is 5.39. The number of nitrogens with one attached hydrogen (secondary N) is 1. The first-order valence-corrected chi connectivity index (χ1v) is 11.7. The smallest absolute Gasteiger partial charge is 0.409 e. The van der Waals surface area contributed by atoms with Crippen molar-refractivity contribution in [1.29, 1.82) is 0 Å². The highest BCUT2D eigenvalue weighted by molar-refractivity contribution is 5.68. The average Bonchev–Trinajstić information content (AvgIpc) is 3.31. The fraction of sp³-hybridized carbons (Fsp3) is 0.600. The summed E-state index contributed by atoms with van der Waals surface area (Å²) in [6, 6.07) is 10.8. The number of aryl methyl sites for hydroxylation is 1. The van der Waals surface area contributed by atoms with Gasteiger partial charge in [0.25, 0.3) is 0 Å². The van der Waals surface area contributed by atoms with Crippen molar-refractivity contribution in [3.8, 4) is 0 Å². The maximum absolute atomic E-state index is 12.5. The Balaban J connectivity index is 1.41. The second kappa shape index (κ2) is 10.3. The van der Waals surface area contributed by atoms with Crippen LogP contribution in [0.2, 0.25) is 0 Å². The molecule has 2 aromatic rings. The molecule has 1 aromatic carbocycles. The Bertz CT molecular complexity index is 830. The third-order valence-corrected chi connectivity index (χ3v) is 7.14. The minimum absolute atomic E-state index is 0.0289. The van der Waals surface area contributed by atoms with E-state index in [9.17, 15) is 4.79 Å². The largest absolute Gasteiger partial charge is 0.453 e. The number of hydrogen-bond acceptors (Lipinski definition) is 4. The molecule has 1 aliphatic heterocycles. The summed E-state index contributed by atoms with van der Waals surface area (Å²) in [4.78, 5) is 14.4. The lowest BCUT2D eigenvalue weighted by atomic mass is 9.82. The van der Waals surface area contributed by atoms with Gasteiger partial charge in [0, 0.05) is 18.2 Å². The number of rotatable bonds is 6. The number of aromatic amines is 1. The molecule has 1 unspecified atom stereocenters. The molecule has 6 heteroatoms. The Morgan fingerprint density at radius 3 is 2.65 bits per heavy atom. The molecule has 0 bridgehead atoms. The molecule has 2 heterocycles. The lowest BCUT2D eigenvalue weighted by Gasteiger charge is -2.41. The van der Waals surface area contributed by atoms with Crippen LogP contribution < -0.4 is 0 Å². The van der Waals surface area contributed by atoms with Gasteiger partial charge in [-0.2, -0.15) is 5.10 Å². The van der Waals surface area contributed by atoms with Crippen LogP contribution >= 0.6 is 0 Å². The van der Waals surface area contributed by atoms with E-state index in [1.807, 2.05) is 11.1 Å². The lowest BCUT2D eigenvalue weighted by molar-refractivity contribution is -0.0243. The van der Waals surface area contributed by atoms with Gasteiger partial charge >= 0.3 is 6.09 Å². The number of H-pyrrole nitrogens is 1. The van der Waals surface area contributed by atoms with Crippen molar-refractivity contribution in [1.82, 2.24) is 15.1 Å². The highest BCUT2D eigenvalue weighted by atomic mass is 16.5. The zero-order valence-electron chi connectivity index (χ0n) is 18.8. The topological polar surface area (TPSA) is 67.5 Å². The van der Waals surface area contributed by atoms with Crippen LogP contribution in [0.4, 0.5) is 4.79 Å². The maximum Gasteiger partial charge on any atom is 0.409 e. The number of likely N-dealkylation sites (tertiary alicyclic amines) is 1. The SMILES string of the molecule is CCc1cn[nH]c1[C@H]1CCCN(C(=O)OC)C1COC1CCC(c2ccccc2)CC1. The van der Waals surface area contributed by atoms with Gasteiger partial charge in [-0.15, -0.1) is 0 Å². The summed E-state index contributed by atoms with van der Waals surface area (Å²) in [6.45, 7) is 3.40. The normalized spacial score (nSPS) is 26.6. The van der Waals surface area contributed by atoms with Gasteiger partial charge in [-0.25, -0.2) is 4.79 Å². The minimum atomic E-state index is -0.261. The molecule has 1 aliphatic carbocycles. The van der Waals surface area contributed by atoms with Crippen LogP contribution in [0.5, 0.6) is 0 Å². The third-order valence-electron chi connectivity index (χ3n) is 7.14. The van der Waals surface area contributed by atoms with E-state index in [-0.39, 0.29) is 24.2 Å². The lowest BCUT2D eigenvalue weighted by Crippen LogP contribution is -2.50. The van der Waals surface area contributed by atoms with Crippen LogP contribution in [0.15, 0.2) is 36.5 Å². The van der Waals surface area contributed by atoms with Crippen LogP contribution in [0, 0.1) is 0 Å².